The minimum absolute atomic E-state index is 0.0566. The van der Waals surface area contributed by atoms with Crippen LogP contribution in [-0.4, -0.2) is 15.3 Å². The summed E-state index contributed by atoms with van der Waals surface area (Å²) in [5.74, 6) is -0.0618. The van der Waals surface area contributed by atoms with Gasteiger partial charge < -0.3 is 15.3 Å². The zero-order chi connectivity index (χ0) is 13.6. The lowest BCUT2D eigenvalue weighted by atomic mass is 9.91. The number of aromatic hydroxyl groups is 3. The molecule has 3 nitrogen and oxygen atoms in total. The topological polar surface area (TPSA) is 60.7 Å². The van der Waals surface area contributed by atoms with E-state index < -0.39 is 0 Å². The number of fused-ring (bicyclic) bond motifs is 1. The van der Waals surface area contributed by atoms with Crippen LogP contribution < -0.4 is 0 Å². The van der Waals surface area contributed by atoms with Crippen molar-refractivity contribution in [2.75, 3.05) is 0 Å². The molecule has 0 radical (unpaired) electrons. The Morgan fingerprint density at radius 3 is 2.06 bits per heavy atom. The van der Waals surface area contributed by atoms with Gasteiger partial charge in [0.25, 0.3) is 0 Å². The highest BCUT2D eigenvalue weighted by atomic mass is 16.3. The van der Waals surface area contributed by atoms with Crippen molar-refractivity contribution in [3.63, 3.8) is 0 Å². The molecule has 3 N–H and O–H groups in total. The van der Waals surface area contributed by atoms with E-state index in [1.165, 1.54) is 6.07 Å². The minimum Gasteiger partial charge on any atom is -0.507 e. The Bertz CT molecular complexity index is 628. The summed E-state index contributed by atoms with van der Waals surface area (Å²) < 4.78 is 0. The third kappa shape index (κ3) is 1.67. The van der Waals surface area contributed by atoms with Crippen molar-refractivity contribution < 1.29 is 15.3 Å². The van der Waals surface area contributed by atoms with E-state index in [0.717, 1.165) is 16.5 Å². The number of benzene rings is 2. The van der Waals surface area contributed by atoms with Crippen LogP contribution in [0.5, 0.6) is 17.2 Å². The van der Waals surface area contributed by atoms with Crippen molar-refractivity contribution in [3.8, 4) is 17.2 Å². The van der Waals surface area contributed by atoms with Crippen LogP contribution in [0, 0.1) is 13.8 Å². The quantitative estimate of drug-likeness (QED) is 0.672. The molecule has 0 spiro atoms. The van der Waals surface area contributed by atoms with E-state index in [0.29, 0.717) is 10.9 Å². The van der Waals surface area contributed by atoms with Crippen LogP contribution in [0.1, 0.15) is 36.5 Å². The lowest BCUT2D eigenvalue weighted by Crippen LogP contribution is -1.94. The zero-order valence-corrected chi connectivity index (χ0v) is 11.1. The van der Waals surface area contributed by atoms with E-state index in [4.69, 9.17) is 0 Å². The van der Waals surface area contributed by atoms with Gasteiger partial charge >= 0.3 is 0 Å². The van der Waals surface area contributed by atoms with Crippen LogP contribution in [0.3, 0.4) is 0 Å². The summed E-state index contributed by atoms with van der Waals surface area (Å²) in [7, 11) is 0. The van der Waals surface area contributed by atoms with Gasteiger partial charge in [0, 0.05) is 10.9 Å². The Hall–Kier alpha value is -1.90. The van der Waals surface area contributed by atoms with E-state index in [9.17, 15) is 15.3 Å². The Balaban J connectivity index is 3.02. The molecule has 2 aromatic carbocycles. The standard InChI is InChI=1S/C15H18O3/c1-7(2)13-10-5-8(3)9(4)14(17)11(10)6-12(16)15(13)18/h5-7,16-18H,1-4H3. The van der Waals surface area contributed by atoms with Crippen LogP contribution in [0.4, 0.5) is 0 Å². The van der Waals surface area contributed by atoms with E-state index >= 15 is 0 Å². The van der Waals surface area contributed by atoms with Gasteiger partial charge in [-0.25, -0.2) is 0 Å². The van der Waals surface area contributed by atoms with Crippen LogP contribution in [0.2, 0.25) is 0 Å². The number of phenols is 3. The molecule has 3 heteroatoms. The van der Waals surface area contributed by atoms with Gasteiger partial charge in [0.2, 0.25) is 0 Å². The molecular weight excluding hydrogens is 228 g/mol. The molecule has 96 valence electrons. The SMILES string of the molecule is Cc1cc2c(C(C)C)c(O)c(O)cc2c(O)c1C. The number of rotatable bonds is 1. The maximum absolute atomic E-state index is 10.2. The highest BCUT2D eigenvalue weighted by molar-refractivity contribution is 5.96. The smallest absolute Gasteiger partial charge is 0.161 e. The lowest BCUT2D eigenvalue weighted by molar-refractivity contribution is 0.398. The second kappa shape index (κ2) is 4.09. The van der Waals surface area contributed by atoms with Gasteiger partial charge in [0.1, 0.15) is 5.75 Å². The number of hydrogen-bond acceptors (Lipinski definition) is 3. The second-order valence-corrected chi connectivity index (χ2v) is 5.07. The van der Waals surface area contributed by atoms with Crippen molar-refractivity contribution in [3.05, 3.63) is 28.8 Å². The Morgan fingerprint density at radius 2 is 1.50 bits per heavy atom. The fourth-order valence-corrected chi connectivity index (χ4v) is 2.34. The molecule has 0 amide bonds. The molecule has 2 rings (SSSR count). The summed E-state index contributed by atoms with van der Waals surface area (Å²) in [6, 6.07) is 3.36. The first-order valence-electron chi connectivity index (χ1n) is 6.02. The van der Waals surface area contributed by atoms with Crippen LogP contribution in [0.25, 0.3) is 10.8 Å². The third-order valence-corrected chi connectivity index (χ3v) is 3.50. The molecule has 0 bridgehead atoms. The molecular formula is C15H18O3. The molecule has 0 heterocycles. The first-order chi connectivity index (χ1) is 8.34. The molecule has 0 saturated carbocycles. The van der Waals surface area contributed by atoms with Crippen molar-refractivity contribution in [2.45, 2.75) is 33.6 Å². The minimum atomic E-state index is -0.190. The number of aryl methyl sites for hydroxylation is 1. The predicted octanol–water partition coefficient (Wildman–Crippen LogP) is 3.70. The van der Waals surface area contributed by atoms with Crippen LogP contribution in [-0.2, 0) is 0 Å². The van der Waals surface area contributed by atoms with Crippen LogP contribution >= 0.6 is 0 Å². The molecule has 18 heavy (non-hydrogen) atoms. The Kier molecular flexibility index (Phi) is 2.85. The number of hydrogen-bond donors (Lipinski definition) is 3. The maximum atomic E-state index is 10.2. The first kappa shape index (κ1) is 12.6. The van der Waals surface area contributed by atoms with Gasteiger partial charge in [-0.2, -0.15) is 0 Å². The Morgan fingerprint density at radius 1 is 0.889 bits per heavy atom. The summed E-state index contributed by atoms with van der Waals surface area (Å²) in [5.41, 5.74) is 2.43. The van der Waals surface area contributed by atoms with Gasteiger partial charge in [-0.15, -0.1) is 0 Å². The average molecular weight is 246 g/mol. The monoisotopic (exact) mass is 246 g/mol. The van der Waals surface area contributed by atoms with E-state index in [1.807, 2.05) is 33.8 Å². The highest BCUT2D eigenvalue weighted by Crippen LogP contribution is 2.44. The van der Waals surface area contributed by atoms with E-state index in [2.05, 4.69) is 0 Å². The molecule has 0 aliphatic rings. The summed E-state index contributed by atoms with van der Waals surface area (Å²) in [4.78, 5) is 0. The molecule has 0 saturated heterocycles. The van der Waals surface area contributed by atoms with Crippen molar-refractivity contribution in [1.82, 2.24) is 0 Å². The van der Waals surface area contributed by atoms with Crippen molar-refractivity contribution >= 4 is 10.8 Å². The predicted molar refractivity (Wildman–Crippen MR) is 72.5 cm³/mol. The van der Waals surface area contributed by atoms with Gasteiger partial charge in [-0.3, -0.25) is 0 Å². The van der Waals surface area contributed by atoms with Gasteiger partial charge in [0.15, 0.2) is 11.5 Å². The second-order valence-electron chi connectivity index (χ2n) is 5.07. The molecule has 0 unspecified atom stereocenters. The lowest BCUT2D eigenvalue weighted by Gasteiger charge is -2.16. The molecule has 0 aromatic heterocycles. The van der Waals surface area contributed by atoms with Gasteiger partial charge in [-0.05, 0) is 42.3 Å². The summed E-state index contributed by atoms with van der Waals surface area (Å²) in [6.07, 6.45) is 0. The molecule has 0 aliphatic carbocycles. The largest absolute Gasteiger partial charge is 0.507 e. The van der Waals surface area contributed by atoms with Crippen molar-refractivity contribution in [1.29, 1.82) is 0 Å². The fraction of sp³-hybridized carbons (Fsp3) is 0.333. The highest BCUT2D eigenvalue weighted by Gasteiger charge is 2.18. The van der Waals surface area contributed by atoms with E-state index in [-0.39, 0.29) is 23.2 Å². The summed E-state index contributed by atoms with van der Waals surface area (Å²) in [5, 5.41) is 31.3. The zero-order valence-electron chi connectivity index (χ0n) is 11.1. The summed E-state index contributed by atoms with van der Waals surface area (Å²) >= 11 is 0. The average Bonchev–Trinajstić information content (AvgIpc) is 2.29. The number of phenolic OH excluding ortho intramolecular Hbond substituents is 3. The first-order valence-corrected chi connectivity index (χ1v) is 6.02. The molecule has 2 aromatic rings. The third-order valence-electron chi connectivity index (χ3n) is 3.50. The molecule has 0 atom stereocenters. The molecule has 0 fully saturated rings. The van der Waals surface area contributed by atoms with E-state index in [1.54, 1.807) is 0 Å². The normalized spacial score (nSPS) is 11.4. The Labute approximate surface area is 106 Å². The maximum Gasteiger partial charge on any atom is 0.161 e. The molecule has 0 aliphatic heterocycles. The van der Waals surface area contributed by atoms with Crippen molar-refractivity contribution in [2.24, 2.45) is 0 Å². The van der Waals surface area contributed by atoms with Crippen LogP contribution in [0.15, 0.2) is 12.1 Å². The van der Waals surface area contributed by atoms with Gasteiger partial charge in [-0.1, -0.05) is 19.9 Å². The van der Waals surface area contributed by atoms with Gasteiger partial charge in [0.05, 0.1) is 0 Å². The fourth-order valence-electron chi connectivity index (χ4n) is 2.34. The summed E-state index contributed by atoms with van der Waals surface area (Å²) in [6.45, 7) is 7.64.